The van der Waals surface area contributed by atoms with Crippen LogP contribution in [0.4, 0.5) is 0 Å². The first-order valence-corrected chi connectivity index (χ1v) is 7.62. The molecule has 1 saturated heterocycles. The summed E-state index contributed by atoms with van der Waals surface area (Å²) in [5, 5.41) is 9.18. The molecule has 0 aliphatic carbocycles. The van der Waals surface area contributed by atoms with E-state index in [0.717, 1.165) is 30.9 Å². The maximum atomic E-state index is 11.7. The van der Waals surface area contributed by atoms with Gasteiger partial charge in [0.2, 0.25) is 5.91 Å². The first kappa shape index (κ1) is 14.4. The van der Waals surface area contributed by atoms with Gasteiger partial charge in [-0.05, 0) is 25.9 Å². The Labute approximate surface area is 117 Å². The fourth-order valence-corrected chi connectivity index (χ4v) is 2.74. The first-order valence-electron chi connectivity index (χ1n) is 6.74. The minimum absolute atomic E-state index is 0.0399. The summed E-state index contributed by atoms with van der Waals surface area (Å²) in [5.41, 5.74) is 0. The van der Waals surface area contributed by atoms with Crippen molar-refractivity contribution < 1.29 is 9.53 Å². The van der Waals surface area contributed by atoms with Crippen molar-refractivity contribution >= 4 is 17.2 Å². The van der Waals surface area contributed by atoms with Crippen molar-refractivity contribution in [3.05, 3.63) is 16.6 Å². The number of rotatable bonds is 6. The van der Waals surface area contributed by atoms with E-state index < -0.39 is 0 Å². The van der Waals surface area contributed by atoms with Crippen LogP contribution in [0.25, 0.3) is 0 Å². The van der Waals surface area contributed by atoms with Gasteiger partial charge in [0.1, 0.15) is 6.61 Å². The molecule has 1 aromatic heterocycles. The minimum Gasteiger partial charge on any atom is -0.368 e. The molecule has 1 aliphatic heterocycles. The van der Waals surface area contributed by atoms with Crippen molar-refractivity contribution in [1.29, 1.82) is 0 Å². The lowest BCUT2D eigenvalue weighted by Crippen LogP contribution is -2.36. The quantitative estimate of drug-likeness (QED) is 0.821. The van der Waals surface area contributed by atoms with Gasteiger partial charge < -0.3 is 15.4 Å². The topological polar surface area (TPSA) is 63.2 Å². The zero-order chi connectivity index (χ0) is 13.5. The van der Waals surface area contributed by atoms with E-state index in [4.69, 9.17) is 4.74 Å². The van der Waals surface area contributed by atoms with Crippen LogP contribution in [-0.4, -0.2) is 43.2 Å². The Balaban J connectivity index is 1.61. The lowest BCUT2D eigenvalue weighted by atomic mass is 10.1. The fourth-order valence-electron chi connectivity index (χ4n) is 2.04. The largest absolute Gasteiger partial charge is 0.368 e. The van der Waals surface area contributed by atoms with Crippen LogP contribution in [-0.2, 0) is 9.53 Å². The van der Waals surface area contributed by atoms with E-state index in [2.05, 4.69) is 22.5 Å². The smallest absolute Gasteiger partial charge is 0.246 e. The van der Waals surface area contributed by atoms with Crippen LogP contribution in [0.1, 0.15) is 30.7 Å². The van der Waals surface area contributed by atoms with E-state index in [1.807, 2.05) is 5.38 Å². The van der Waals surface area contributed by atoms with Gasteiger partial charge in [0.15, 0.2) is 0 Å². The normalized spacial score (nSPS) is 18.2. The summed E-state index contributed by atoms with van der Waals surface area (Å²) in [6, 6.07) is 0. The molecule has 1 aromatic rings. The van der Waals surface area contributed by atoms with Crippen LogP contribution in [0, 0.1) is 0 Å². The summed E-state index contributed by atoms with van der Waals surface area (Å²) in [7, 11) is 0. The SMILES string of the molecule is CC(CNC(=O)COC1CCNCC1)c1nccs1. The third-order valence-corrected chi connectivity index (χ3v) is 4.22. The molecule has 0 radical (unpaired) electrons. The Morgan fingerprint density at radius 1 is 1.63 bits per heavy atom. The molecule has 0 saturated carbocycles. The Morgan fingerprint density at radius 3 is 3.11 bits per heavy atom. The highest BCUT2D eigenvalue weighted by Gasteiger charge is 2.15. The lowest BCUT2D eigenvalue weighted by molar-refractivity contribution is -0.128. The van der Waals surface area contributed by atoms with E-state index in [1.165, 1.54) is 0 Å². The molecule has 2 rings (SSSR count). The van der Waals surface area contributed by atoms with Crippen LogP contribution in [0.5, 0.6) is 0 Å². The predicted molar refractivity (Wildman–Crippen MR) is 75.4 cm³/mol. The molecule has 5 nitrogen and oxygen atoms in total. The predicted octanol–water partition coefficient (Wildman–Crippen LogP) is 1.13. The van der Waals surface area contributed by atoms with Crippen LogP contribution in [0.3, 0.4) is 0 Å². The maximum Gasteiger partial charge on any atom is 0.246 e. The highest BCUT2D eigenvalue weighted by atomic mass is 32.1. The van der Waals surface area contributed by atoms with E-state index in [-0.39, 0.29) is 24.5 Å². The standard InChI is InChI=1S/C13H21N3O2S/c1-10(13-15-6-7-19-13)8-16-12(17)9-18-11-2-4-14-5-3-11/h6-7,10-11,14H,2-5,8-9H2,1H3,(H,16,17). The highest BCUT2D eigenvalue weighted by molar-refractivity contribution is 7.09. The van der Waals surface area contributed by atoms with Gasteiger partial charge in [-0.2, -0.15) is 0 Å². The molecule has 2 heterocycles. The average molecular weight is 283 g/mol. The Morgan fingerprint density at radius 2 is 2.42 bits per heavy atom. The van der Waals surface area contributed by atoms with Crippen LogP contribution < -0.4 is 10.6 Å². The second kappa shape index (κ2) is 7.57. The molecule has 2 N–H and O–H groups in total. The number of amides is 1. The summed E-state index contributed by atoms with van der Waals surface area (Å²) in [6.45, 7) is 4.80. The highest BCUT2D eigenvalue weighted by Crippen LogP contribution is 2.16. The summed E-state index contributed by atoms with van der Waals surface area (Å²) < 4.78 is 5.60. The van der Waals surface area contributed by atoms with Crippen LogP contribution in [0.2, 0.25) is 0 Å². The molecule has 1 aliphatic rings. The number of carbonyl (C=O) groups excluding carboxylic acids is 1. The maximum absolute atomic E-state index is 11.7. The van der Waals surface area contributed by atoms with Gasteiger partial charge in [0, 0.05) is 24.0 Å². The number of carbonyl (C=O) groups is 1. The summed E-state index contributed by atoms with van der Waals surface area (Å²) in [4.78, 5) is 15.9. The van der Waals surface area contributed by atoms with Gasteiger partial charge in [-0.25, -0.2) is 4.98 Å². The number of aromatic nitrogens is 1. The fraction of sp³-hybridized carbons (Fsp3) is 0.692. The number of piperidine rings is 1. The number of thiazole rings is 1. The molecule has 106 valence electrons. The van der Waals surface area contributed by atoms with Crippen molar-refractivity contribution in [2.24, 2.45) is 0 Å². The summed E-state index contributed by atoms with van der Waals surface area (Å²) in [6.07, 6.45) is 3.99. The lowest BCUT2D eigenvalue weighted by Gasteiger charge is -2.22. The van der Waals surface area contributed by atoms with Gasteiger partial charge in [0.25, 0.3) is 0 Å². The Hall–Kier alpha value is -0.980. The van der Waals surface area contributed by atoms with Crippen molar-refractivity contribution in [1.82, 2.24) is 15.6 Å². The molecule has 1 atom stereocenters. The number of ether oxygens (including phenoxy) is 1. The number of hydrogen-bond acceptors (Lipinski definition) is 5. The van der Waals surface area contributed by atoms with Gasteiger partial charge in [-0.15, -0.1) is 11.3 Å². The van der Waals surface area contributed by atoms with Gasteiger partial charge in [-0.1, -0.05) is 6.92 Å². The third-order valence-electron chi connectivity index (χ3n) is 3.21. The molecular weight excluding hydrogens is 262 g/mol. The zero-order valence-corrected chi connectivity index (χ0v) is 12.0. The van der Waals surface area contributed by atoms with Crippen molar-refractivity contribution in [2.45, 2.75) is 31.8 Å². The zero-order valence-electron chi connectivity index (χ0n) is 11.2. The van der Waals surface area contributed by atoms with Crippen LogP contribution in [0.15, 0.2) is 11.6 Å². The van der Waals surface area contributed by atoms with Crippen molar-refractivity contribution in [2.75, 3.05) is 26.2 Å². The van der Waals surface area contributed by atoms with Gasteiger partial charge >= 0.3 is 0 Å². The number of hydrogen-bond donors (Lipinski definition) is 2. The molecule has 6 heteroatoms. The second-order valence-corrected chi connectivity index (χ2v) is 5.76. The van der Waals surface area contributed by atoms with Crippen molar-refractivity contribution in [3.63, 3.8) is 0 Å². The molecule has 1 fully saturated rings. The van der Waals surface area contributed by atoms with E-state index >= 15 is 0 Å². The van der Waals surface area contributed by atoms with E-state index in [0.29, 0.717) is 6.54 Å². The van der Waals surface area contributed by atoms with Crippen molar-refractivity contribution in [3.8, 4) is 0 Å². The molecule has 0 bridgehead atoms. The molecule has 1 unspecified atom stereocenters. The summed E-state index contributed by atoms with van der Waals surface area (Å²) >= 11 is 1.62. The molecule has 0 aromatic carbocycles. The van der Waals surface area contributed by atoms with E-state index in [1.54, 1.807) is 17.5 Å². The van der Waals surface area contributed by atoms with Gasteiger partial charge in [0.05, 0.1) is 11.1 Å². The third kappa shape index (κ3) is 4.89. The Kier molecular flexibility index (Phi) is 5.75. The van der Waals surface area contributed by atoms with Crippen LogP contribution >= 0.6 is 11.3 Å². The molecular formula is C13H21N3O2S. The number of nitrogens with zero attached hydrogens (tertiary/aromatic N) is 1. The molecule has 1 amide bonds. The molecule has 19 heavy (non-hydrogen) atoms. The number of nitrogens with one attached hydrogen (secondary N) is 2. The second-order valence-electron chi connectivity index (χ2n) is 4.84. The minimum atomic E-state index is -0.0399. The molecule has 0 spiro atoms. The Bertz CT molecular complexity index is 377. The average Bonchev–Trinajstić information content (AvgIpc) is 2.98. The summed E-state index contributed by atoms with van der Waals surface area (Å²) in [5.74, 6) is 0.213. The van der Waals surface area contributed by atoms with E-state index in [9.17, 15) is 4.79 Å². The van der Waals surface area contributed by atoms with Gasteiger partial charge in [-0.3, -0.25) is 4.79 Å². The first-order chi connectivity index (χ1) is 9.25. The monoisotopic (exact) mass is 283 g/mol.